The highest BCUT2D eigenvalue weighted by Gasteiger charge is 2.79. The van der Waals surface area contributed by atoms with Gasteiger partial charge in [0.25, 0.3) is 0 Å². The molecule has 0 saturated carbocycles. The fourth-order valence-corrected chi connectivity index (χ4v) is 7.82. The molecule has 1 N–H and O–H groups in total. The number of ether oxygens (including phenoxy) is 1. The number of aliphatic hydroxyl groups excluding tert-OH is 1. The van der Waals surface area contributed by atoms with Gasteiger partial charge in [0.1, 0.15) is 11.6 Å². The van der Waals surface area contributed by atoms with Crippen LogP contribution in [-0.2, 0) is 19.1 Å². The number of amides is 3. The third kappa shape index (κ3) is 5.19. The standard InChI is InChI=1S/C31H51N3O5/c1-12-16-32(11)25(36)22-23-26(37)34(21(18-35)20(3)4)24(31(23)15-14-30(22,10)39-31)27(38)33(17-13-2)29(8,9)19-28(5,6)7/h12-13,20-24,35H,1-2,14-19H2,3-11H3/t21-,22+,23-,24?,30-,31?/m0/s1. The maximum atomic E-state index is 14.8. The SMILES string of the molecule is C=CCN(C)C(=O)[C@H]1[C@H]2C(=O)N([C@@H](CO)C(C)C)C(C(=O)N(CC=C)C(C)(C)CC(C)(C)C)C23CC[C@]1(C)O3. The van der Waals surface area contributed by atoms with Crippen molar-refractivity contribution >= 4 is 17.7 Å². The first-order valence-corrected chi connectivity index (χ1v) is 14.3. The molecule has 6 atom stereocenters. The molecule has 3 aliphatic heterocycles. The van der Waals surface area contributed by atoms with E-state index in [0.29, 0.717) is 25.9 Å². The first kappa shape index (κ1) is 31.3. The van der Waals surface area contributed by atoms with Crippen molar-refractivity contribution in [2.75, 3.05) is 26.7 Å². The summed E-state index contributed by atoms with van der Waals surface area (Å²) in [5, 5.41) is 10.5. The average Bonchev–Trinajstić information content (AvgIpc) is 3.36. The molecule has 2 bridgehead atoms. The van der Waals surface area contributed by atoms with Crippen molar-refractivity contribution in [2.45, 2.75) is 103 Å². The molecule has 39 heavy (non-hydrogen) atoms. The summed E-state index contributed by atoms with van der Waals surface area (Å²) in [5.41, 5.74) is -2.59. The minimum Gasteiger partial charge on any atom is -0.394 e. The second kappa shape index (κ2) is 10.7. The molecule has 3 rings (SSSR count). The van der Waals surface area contributed by atoms with Crippen LogP contribution in [0.3, 0.4) is 0 Å². The lowest BCUT2D eigenvalue weighted by molar-refractivity contribution is -0.160. The third-order valence-corrected chi connectivity index (χ3v) is 9.08. The van der Waals surface area contributed by atoms with Gasteiger partial charge in [-0.05, 0) is 51.4 Å². The molecule has 220 valence electrons. The van der Waals surface area contributed by atoms with Gasteiger partial charge < -0.3 is 24.5 Å². The van der Waals surface area contributed by atoms with E-state index < -0.39 is 40.7 Å². The number of carbonyl (C=O) groups excluding carboxylic acids is 3. The maximum Gasteiger partial charge on any atom is 0.249 e. The van der Waals surface area contributed by atoms with E-state index in [1.54, 1.807) is 29.0 Å². The Kier molecular flexibility index (Phi) is 8.56. The number of likely N-dealkylation sites (tertiary alicyclic amines) is 1. The summed E-state index contributed by atoms with van der Waals surface area (Å²) in [6.45, 7) is 24.4. The van der Waals surface area contributed by atoms with Gasteiger partial charge in [0.15, 0.2) is 0 Å². The Balaban J connectivity index is 2.20. The lowest BCUT2D eigenvalue weighted by Crippen LogP contribution is -2.63. The van der Waals surface area contributed by atoms with E-state index >= 15 is 0 Å². The minimum absolute atomic E-state index is 0.0518. The first-order chi connectivity index (χ1) is 17.9. The van der Waals surface area contributed by atoms with Crippen molar-refractivity contribution in [1.82, 2.24) is 14.7 Å². The van der Waals surface area contributed by atoms with Gasteiger partial charge in [-0.3, -0.25) is 14.4 Å². The van der Waals surface area contributed by atoms with Crippen LogP contribution in [0.25, 0.3) is 0 Å². The molecular formula is C31H51N3O5. The number of likely N-dealkylation sites (N-methyl/N-ethyl adjacent to an activating group) is 1. The van der Waals surface area contributed by atoms with E-state index in [-0.39, 0.29) is 35.7 Å². The molecule has 0 aliphatic carbocycles. The highest BCUT2D eigenvalue weighted by molar-refractivity contribution is 5.99. The van der Waals surface area contributed by atoms with E-state index in [1.165, 1.54) is 0 Å². The van der Waals surface area contributed by atoms with Crippen molar-refractivity contribution in [3.8, 4) is 0 Å². The third-order valence-electron chi connectivity index (χ3n) is 9.08. The van der Waals surface area contributed by atoms with Crippen molar-refractivity contribution in [1.29, 1.82) is 0 Å². The quantitative estimate of drug-likeness (QED) is 0.401. The fourth-order valence-electron chi connectivity index (χ4n) is 7.82. The summed E-state index contributed by atoms with van der Waals surface area (Å²) < 4.78 is 6.79. The number of rotatable bonds is 11. The molecule has 3 aliphatic rings. The van der Waals surface area contributed by atoms with Gasteiger partial charge in [-0.2, -0.15) is 0 Å². The number of nitrogens with zero attached hydrogens (tertiary/aromatic N) is 3. The van der Waals surface area contributed by atoms with Crippen LogP contribution in [0.2, 0.25) is 0 Å². The molecule has 0 aromatic rings. The Bertz CT molecular complexity index is 1000. The maximum absolute atomic E-state index is 14.8. The molecule has 8 nitrogen and oxygen atoms in total. The Morgan fingerprint density at radius 3 is 2.21 bits per heavy atom. The topological polar surface area (TPSA) is 90.4 Å². The molecule has 2 unspecified atom stereocenters. The van der Waals surface area contributed by atoms with Gasteiger partial charge in [-0.15, -0.1) is 13.2 Å². The number of hydrogen-bond acceptors (Lipinski definition) is 5. The van der Waals surface area contributed by atoms with Gasteiger partial charge in [0.05, 0.1) is 30.1 Å². The van der Waals surface area contributed by atoms with Crippen molar-refractivity contribution < 1.29 is 24.2 Å². The lowest BCUT2D eigenvalue weighted by Gasteiger charge is -2.47. The summed E-state index contributed by atoms with van der Waals surface area (Å²) >= 11 is 0. The Hall–Kier alpha value is -2.19. The van der Waals surface area contributed by atoms with E-state index in [0.717, 1.165) is 6.42 Å². The monoisotopic (exact) mass is 545 g/mol. The summed E-state index contributed by atoms with van der Waals surface area (Å²) in [6, 6.07) is -1.53. The van der Waals surface area contributed by atoms with E-state index in [1.807, 2.05) is 39.5 Å². The largest absolute Gasteiger partial charge is 0.394 e. The van der Waals surface area contributed by atoms with Crippen LogP contribution in [-0.4, -0.2) is 93.1 Å². The van der Waals surface area contributed by atoms with Crippen LogP contribution in [0.4, 0.5) is 0 Å². The van der Waals surface area contributed by atoms with Crippen molar-refractivity contribution in [3.63, 3.8) is 0 Å². The van der Waals surface area contributed by atoms with Gasteiger partial charge >= 0.3 is 0 Å². The smallest absolute Gasteiger partial charge is 0.249 e. The molecule has 0 radical (unpaired) electrons. The van der Waals surface area contributed by atoms with E-state index in [4.69, 9.17) is 4.74 Å². The number of fused-ring (bicyclic) bond motifs is 1. The Labute approximate surface area is 235 Å². The predicted octanol–water partition coefficient (Wildman–Crippen LogP) is 3.64. The number of carbonyl (C=O) groups is 3. The summed E-state index contributed by atoms with van der Waals surface area (Å²) in [7, 11) is 1.71. The highest BCUT2D eigenvalue weighted by atomic mass is 16.5. The molecular weight excluding hydrogens is 494 g/mol. The van der Waals surface area contributed by atoms with Crippen LogP contribution in [0, 0.1) is 23.2 Å². The summed E-state index contributed by atoms with van der Waals surface area (Å²) in [5.74, 6) is -2.28. The molecule has 3 saturated heterocycles. The van der Waals surface area contributed by atoms with Gasteiger partial charge in [-0.1, -0.05) is 46.8 Å². The van der Waals surface area contributed by atoms with Crippen molar-refractivity contribution in [2.24, 2.45) is 23.2 Å². The molecule has 0 aromatic carbocycles. The second-order valence-corrected chi connectivity index (χ2v) is 14.3. The first-order valence-electron chi connectivity index (χ1n) is 14.3. The van der Waals surface area contributed by atoms with Crippen LogP contribution >= 0.6 is 0 Å². The zero-order chi connectivity index (χ0) is 29.7. The molecule has 8 heteroatoms. The number of aliphatic hydroxyl groups is 1. The van der Waals surface area contributed by atoms with Crippen LogP contribution in [0.1, 0.15) is 74.7 Å². The highest BCUT2D eigenvalue weighted by Crippen LogP contribution is 2.64. The second-order valence-electron chi connectivity index (χ2n) is 14.3. The zero-order valence-corrected chi connectivity index (χ0v) is 25.6. The fraction of sp³-hybridized carbons (Fsp3) is 0.774. The normalized spacial score (nSPS) is 30.9. The van der Waals surface area contributed by atoms with Gasteiger partial charge in [0.2, 0.25) is 17.7 Å². The number of hydrogen-bond donors (Lipinski definition) is 1. The molecule has 3 amide bonds. The van der Waals surface area contributed by atoms with Crippen molar-refractivity contribution in [3.05, 3.63) is 25.3 Å². The molecule has 0 aromatic heterocycles. The van der Waals surface area contributed by atoms with Crippen LogP contribution < -0.4 is 0 Å². The zero-order valence-electron chi connectivity index (χ0n) is 25.6. The Morgan fingerprint density at radius 2 is 1.72 bits per heavy atom. The summed E-state index contributed by atoms with van der Waals surface area (Å²) in [4.78, 5) is 48.0. The predicted molar refractivity (Wildman–Crippen MR) is 153 cm³/mol. The van der Waals surface area contributed by atoms with Gasteiger partial charge in [-0.25, -0.2) is 0 Å². The lowest BCUT2D eigenvalue weighted by atomic mass is 9.66. The summed E-state index contributed by atoms with van der Waals surface area (Å²) in [6.07, 6.45) is 5.18. The van der Waals surface area contributed by atoms with Gasteiger partial charge in [0, 0.05) is 25.7 Å². The molecule has 3 fully saturated rings. The van der Waals surface area contributed by atoms with Crippen LogP contribution in [0.15, 0.2) is 25.3 Å². The van der Waals surface area contributed by atoms with E-state index in [2.05, 4.69) is 33.9 Å². The van der Waals surface area contributed by atoms with E-state index in [9.17, 15) is 19.5 Å². The average molecular weight is 546 g/mol. The Morgan fingerprint density at radius 1 is 1.13 bits per heavy atom. The molecule has 1 spiro atoms. The minimum atomic E-state index is -1.14. The molecule has 3 heterocycles. The van der Waals surface area contributed by atoms with Crippen LogP contribution in [0.5, 0.6) is 0 Å².